The quantitative estimate of drug-likeness (QED) is 0.763. The summed E-state index contributed by atoms with van der Waals surface area (Å²) in [5.41, 5.74) is 2.66. The van der Waals surface area contributed by atoms with Gasteiger partial charge in [-0.1, -0.05) is 19.9 Å². The minimum absolute atomic E-state index is 0.236. The van der Waals surface area contributed by atoms with E-state index in [0.29, 0.717) is 0 Å². The number of aliphatic hydroxyl groups is 1. The molecule has 0 aromatic carbocycles. The Labute approximate surface area is 104 Å². The molecule has 96 valence electrons. The first-order valence-corrected chi connectivity index (χ1v) is 6.26. The largest absolute Gasteiger partial charge is 0.396 e. The molecule has 1 aromatic heterocycles. The maximum absolute atomic E-state index is 8.83. The Kier molecular flexibility index (Phi) is 5.59. The van der Waals surface area contributed by atoms with Crippen LogP contribution in [-0.4, -0.2) is 23.2 Å². The summed E-state index contributed by atoms with van der Waals surface area (Å²) >= 11 is 0. The number of hydrogen-bond acceptors (Lipinski definition) is 3. The maximum atomic E-state index is 8.83. The van der Waals surface area contributed by atoms with Crippen molar-refractivity contribution >= 4 is 0 Å². The second kappa shape index (κ2) is 6.72. The van der Waals surface area contributed by atoms with Crippen molar-refractivity contribution in [3.63, 3.8) is 0 Å². The highest BCUT2D eigenvalue weighted by Gasteiger charge is 2.16. The van der Waals surface area contributed by atoms with Crippen LogP contribution in [0, 0.1) is 12.3 Å². The van der Waals surface area contributed by atoms with Crippen LogP contribution in [0.15, 0.2) is 18.5 Å². The van der Waals surface area contributed by atoms with Crippen LogP contribution in [0.4, 0.5) is 0 Å². The van der Waals surface area contributed by atoms with Gasteiger partial charge in [-0.05, 0) is 36.3 Å². The second-order valence-electron chi connectivity index (χ2n) is 5.47. The van der Waals surface area contributed by atoms with Gasteiger partial charge in [0, 0.05) is 32.1 Å². The average molecular weight is 236 g/mol. The van der Waals surface area contributed by atoms with Crippen LogP contribution < -0.4 is 5.32 Å². The van der Waals surface area contributed by atoms with Gasteiger partial charge in [0.2, 0.25) is 0 Å². The predicted molar refractivity (Wildman–Crippen MR) is 70.8 cm³/mol. The van der Waals surface area contributed by atoms with Gasteiger partial charge in [0.05, 0.1) is 0 Å². The van der Waals surface area contributed by atoms with E-state index in [1.165, 1.54) is 11.1 Å². The van der Waals surface area contributed by atoms with Crippen LogP contribution in [0.2, 0.25) is 0 Å². The van der Waals surface area contributed by atoms with Crippen LogP contribution in [0.25, 0.3) is 0 Å². The zero-order valence-corrected chi connectivity index (χ0v) is 11.2. The van der Waals surface area contributed by atoms with Gasteiger partial charge < -0.3 is 10.4 Å². The molecule has 0 atom stereocenters. The number of hydrogen-bond donors (Lipinski definition) is 2. The molecule has 0 radical (unpaired) electrons. The van der Waals surface area contributed by atoms with E-state index in [-0.39, 0.29) is 12.0 Å². The molecule has 1 aromatic rings. The van der Waals surface area contributed by atoms with Crippen molar-refractivity contribution in [2.75, 3.05) is 13.2 Å². The summed E-state index contributed by atoms with van der Waals surface area (Å²) in [6.07, 6.45) is 5.69. The van der Waals surface area contributed by atoms with Gasteiger partial charge in [0.25, 0.3) is 0 Å². The summed E-state index contributed by atoms with van der Waals surface area (Å²) in [5, 5.41) is 12.3. The van der Waals surface area contributed by atoms with Crippen molar-refractivity contribution in [1.82, 2.24) is 10.3 Å². The van der Waals surface area contributed by atoms with Crippen molar-refractivity contribution in [3.05, 3.63) is 29.6 Å². The molecular formula is C14H24N2O. The molecule has 0 unspecified atom stereocenters. The Morgan fingerprint density at radius 1 is 1.35 bits per heavy atom. The minimum Gasteiger partial charge on any atom is -0.396 e. The predicted octanol–water partition coefficient (Wildman–Crippen LogP) is 2.28. The molecule has 0 saturated carbocycles. The molecule has 17 heavy (non-hydrogen) atoms. The highest BCUT2D eigenvalue weighted by atomic mass is 16.2. The van der Waals surface area contributed by atoms with Crippen molar-refractivity contribution in [3.8, 4) is 0 Å². The summed E-state index contributed by atoms with van der Waals surface area (Å²) < 4.78 is 0. The fourth-order valence-corrected chi connectivity index (χ4v) is 1.91. The topological polar surface area (TPSA) is 45.2 Å². The van der Waals surface area contributed by atoms with E-state index in [0.717, 1.165) is 25.9 Å². The van der Waals surface area contributed by atoms with E-state index in [1.807, 2.05) is 12.4 Å². The first kappa shape index (κ1) is 14.1. The van der Waals surface area contributed by atoms with Crippen LogP contribution in [0.5, 0.6) is 0 Å². The molecule has 0 saturated heterocycles. The number of aliphatic hydroxyl groups excluding tert-OH is 1. The maximum Gasteiger partial charge on any atom is 0.0431 e. The van der Waals surface area contributed by atoms with E-state index >= 15 is 0 Å². The van der Waals surface area contributed by atoms with Gasteiger partial charge in [-0.2, -0.15) is 0 Å². The number of nitrogens with zero attached hydrogens (tertiary/aromatic N) is 1. The number of nitrogens with one attached hydrogen (secondary N) is 1. The van der Waals surface area contributed by atoms with Gasteiger partial charge >= 0.3 is 0 Å². The lowest BCUT2D eigenvalue weighted by Crippen LogP contribution is -2.29. The molecule has 1 rings (SSSR count). The van der Waals surface area contributed by atoms with Gasteiger partial charge in [0.1, 0.15) is 0 Å². The Hall–Kier alpha value is -0.930. The first-order chi connectivity index (χ1) is 8.03. The van der Waals surface area contributed by atoms with Crippen LogP contribution >= 0.6 is 0 Å². The fourth-order valence-electron chi connectivity index (χ4n) is 1.91. The molecule has 0 amide bonds. The Bertz CT molecular complexity index is 337. The molecule has 0 aliphatic heterocycles. The fraction of sp³-hybridized carbons (Fsp3) is 0.643. The highest BCUT2D eigenvalue weighted by molar-refractivity contribution is 5.16. The van der Waals surface area contributed by atoms with Gasteiger partial charge in [-0.25, -0.2) is 0 Å². The molecule has 0 fully saturated rings. The lowest BCUT2D eigenvalue weighted by atomic mass is 9.88. The molecular weight excluding hydrogens is 212 g/mol. The van der Waals surface area contributed by atoms with E-state index in [1.54, 1.807) is 0 Å². The monoisotopic (exact) mass is 236 g/mol. The third-order valence-electron chi connectivity index (χ3n) is 2.88. The number of aryl methyl sites for hydroxylation is 1. The zero-order valence-electron chi connectivity index (χ0n) is 11.2. The molecule has 3 nitrogen and oxygen atoms in total. The SMILES string of the molecule is Cc1cncc(CNCC(C)(C)CCCO)c1. The summed E-state index contributed by atoms with van der Waals surface area (Å²) in [4.78, 5) is 4.18. The molecule has 1 heterocycles. The van der Waals surface area contributed by atoms with E-state index in [9.17, 15) is 0 Å². The molecule has 0 aliphatic rings. The van der Waals surface area contributed by atoms with E-state index < -0.39 is 0 Å². The highest BCUT2D eigenvalue weighted by Crippen LogP contribution is 2.20. The lowest BCUT2D eigenvalue weighted by molar-refractivity contribution is 0.236. The van der Waals surface area contributed by atoms with Crippen LogP contribution in [0.3, 0.4) is 0 Å². The second-order valence-corrected chi connectivity index (χ2v) is 5.47. The number of pyridine rings is 1. The molecule has 3 heteroatoms. The van der Waals surface area contributed by atoms with Crippen molar-refractivity contribution in [2.24, 2.45) is 5.41 Å². The molecule has 0 spiro atoms. The summed E-state index contributed by atoms with van der Waals surface area (Å²) in [7, 11) is 0. The van der Waals surface area contributed by atoms with Gasteiger partial charge in [-0.3, -0.25) is 4.98 Å². The smallest absolute Gasteiger partial charge is 0.0431 e. The zero-order chi connectivity index (χ0) is 12.7. The number of aromatic nitrogens is 1. The normalized spacial score (nSPS) is 11.8. The summed E-state index contributed by atoms with van der Waals surface area (Å²) in [6.45, 7) is 8.61. The van der Waals surface area contributed by atoms with E-state index in [4.69, 9.17) is 5.11 Å². The number of rotatable bonds is 7. The summed E-state index contributed by atoms with van der Waals surface area (Å²) in [5.74, 6) is 0. The Balaban J connectivity index is 2.32. The third-order valence-corrected chi connectivity index (χ3v) is 2.88. The Morgan fingerprint density at radius 2 is 2.12 bits per heavy atom. The molecule has 2 N–H and O–H groups in total. The van der Waals surface area contributed by atoms with Crippen LogP contribution in [0.1, 0.15) is 37.8 Å². The van der Waals surface area contributed by atoms with E-state index in [2.05, 4.69) is 37.1 Å². The average Bonchev–Trinajstić information content (AvgIpc) is 2.26. The van der Waals surface area contributed by atoms with Gasteiger partial charge in [-0.15, -0.1) is 0 Å². The third kappa shape index (κ3) is 5.80. The summed E-state index contributed by atoms with van der Waals surface area (Å²) in [6, 6.07) is 2.15. The first-order valence-electron chi connectivity index (χ1n) is 6.26. The van der Waals surface area contributed by atoms with Crippen LogP contribution in [-0.2, 0) is 6.54 Å². The van der Waals surface area contributed by atoms with Crippen molar-refractivity contribution in [2.45, 2.75) is 40.2 Å². The Morgan fingerprint density at radius 3 is 2.76 bits per heavy atom. The van der Waals surface area contributed by atoms with Gasteiger partial charge in [0.15, 0.2) is 0 Å². The van der Waals surface area contributed by atoms with Crippen molar-refractivity contribution in [1.29, 1.82) is 0 Å². The molecule has 0 aliphatic carbocycles. The van der Waals surface area contributed by atoms with Crippen molar-refractivity contribution < 1.29 is 5.11 Å². The molecule has 0 bridgehead atoms. The minimum atomic E-state index is 0.236. The standard InChI is InChI=1S/C14H24N2O/c1-12-7-13(9-15-8-12)10-16-11-14(2,3)5-4-6-17/h7-9,16-17H,4-6,10-11H2,1-3H3. The lowest BCUT2D eigenvalue weighted by Gasteiger charge is -2.24.